The van der Waals surface area contributed by atoms with E-state index in [1.807, 2.05) is 31.2 Å². The van der Waals surface area contributed by atoms with Gasteiger partial charge < -0.3 is 5.32 Å². The van der Waals surface area contributed by atoms with Gasteiger partial charge in [0.25, 0.3) is 0 Å². The third kappa shape index (κ3) is 5.21. The van der Waals surface area contributed by atoms with Gasteiger partial charge in [0.15, 0.2) is 0 Å². The van der Waals surface area contributed by atoms with Crippen molar-refractivity contribution in [2.24, 2.45) is 0 Å². The van der Waals surface area contributed by atoms with Gasteiger partial charge >= 0.3 is 0 Å². The molecule has 3 heteroatoms. The normalized spacial score (nSPS) is 12.7. The summed E-state index contributed by atoms with van der Waals surface area (Å²) in [5.74, 6) is 0.0375. The van der Waals surface area contributed by atoms with E-state index in [0.29, 0.717) is 6.42 Å². The Bertz CT molecular complexity index is 671. The standard InChI is InChI=1S/C20H24BrNO/c1-14(16-8-10-17(11-9-16)20(2,3)4)22-19(23)13-15-6-5-7-18(21)12-15/h5-12,14H,13H2,1-4H3,(H,22,23)/t14-/m1/s1. The molecule has 23 heavy (non-hydrogen) atoms. The topological polar surface area (TPSA) is 29.1 Å². The Hall–Kier alpha value is -1.61. The van der Waals surface area contributed by atoms with Crippen LogP contribution in [0.2, 0.25) is 0 Å². The summed E-state index contributed by atoms with van der Waals surface area (Å²) >= 11 is 3.43. The third-order valence-electron chi connectivity index (χ3n) is 3.91. The van der Waals surface area contributed by atoms with Gasteiger partial charge in [0.05, 0.1) is 12.5 Å². The van der Waals surface area contributed by atoms with Crippen molar-refractivity contribution < 1.29 is 4.79 Å². The smallest absolute Gasteiger partial charge is 0.224 e. The first kappa shape index (κ1) is 17.7. The highest BCUT2D eigenvalue weighted by Crippen LogP contribution is 2.24. The number of amides is 1. The molecule has 1 atom stereocenters. The maximum Gasteiger partial charge on any atom is 0.224 e. The fourth-order valence-corrected chi connectivity index (χ4v) is 2.93. The van der Waals surface area contributed by atoms with Gasteiger partial charge in [-0.1, -0.05) is 73.1 Å². The summed E-state index contributed by atoms with van der Waals surface area (Å²) in [6.45, 7) is 8.62. The molecule has 0 aromatic heterocycles. The molecule has 0 heterocycles. The van der Waals surface area contributed by atoms with Crippen LogP contribution >= 0.6 is 15.9 Å². The van der Waals surface area contributed by atoms with Gasteiger partial charge in [-0.2, -0.15) is 0 Å². The van der Waals surface area contributed by atoms with Crippen LogP contribution < -0.4 is 5.32 Å². The molecule has 0 unspecified atom stereocenters. The number of hydrogen-bond donors (Lipinski definition) is 1. The third-order valence-corrected chi connectivity index (χ3v) is 4.40. The second kappa shape index (κ2) is 7.31. The van der Waals surface area contributed by atoms with Gasteiger partial charge in [-0.3, -0.25) is 4.79 Å². The number of halogens is 1. The van der Waals surface area contributed by atoms with E-state index in [0.717, 1.165) is 15.6 Å². The molecule has 2 aromatic carbocycles. The quantitative estimate of drug-likeness (QED) is 0.786. The van der Waals surface area contributed by atoms with Gasteiger partial charge in [-0.15, -0.1) is 0 Å². The van der Waals surface area contributed by atoms with E-state index in [1.165, 1.54) is 5.56 Å². The van der Waals surface area contributed by atoms with E-state index < -0.39 is 0 Å². The van der Waals surface area contributed by atoms with Crippen molar-refractivity contribution in [3.63, 3.8) is 0 Å². The highest BCUT2D eigenvalue weighted by molar-refractivity contribution is 9.10. The van der Waals surface area contributed by atoms with Crippen molar-refractivity contribution in [3.05, 3.63) is 69.7 Å². The monoisotopic (exact) mass is 373 g/mol. The zero-order valence-electron chi connectivity index (χ0n) is 14.2. The zero-order valence-corrected chi connectivity index (χ0v) is 15.8. The molecule has 0 aliphatic heterocycles. The van der Waals surface area contributed by atoms with Crippen LogP contribution in [0.5, 0.6) is 0 Å². The maximum atomic E-state index is 12.2. The first-order chi connectivity index (χ1) is 10.8. The second-order valence-corrected chi connectivity index (χ2v) is 7.88. The molecular formula is C20H24BrNO. The molecule has 2 rings (SSSR count). The Morgan fingerprint density at radius 1 is 1.13 bits per heavy atom. The Labute approximate surface area is 147 Å². The number of rotatable bonds is 4. The van der Waals surface area contributed by atoms with Crippen molar-refractivity contribution in [1.29, 1.82) is 0 Å². The van der Waals surface area contributed by atoms with Crippen molar-refractivity contribution in [1.82, 2.24) is 5.32 Å². The van der Waals surface area contributed by atoms with E-state index in [2.05, 4.69) is 66.3 Å². The minimum absolute atomic E-state index is 0.00340. The Morgan fingerprint density at radius 3 is 2.35 bits per heavy atom. The fraction of sp³-hybridized carbons (Fsp3) is 0.350. The highest BCUT2D eigenvalue weighted by atomic mass is 79.9. The lowest BCUT2D eigenvalue weighted by Gasteiger charge is -2.20. The number of carbonyl (C=O) groups excluding carboxylic acids is 1. The number of benzene rings is 2. The first-order valence-electron chi connectivity index (χ1n) is 7.90. The molecule has 0 saturated heterocycles. The summed E-state index contributed by atoms with van der Waals surface area (Å²) in [5.41, 5.74) is 3.58. The largest absolute Gasteiger partial charge is 0.349 e. The summed E-state index contributed by atoms with van der Waals surface area (Å²) in [6.07, 6.45) is 0.393. The van der Waals surface area contributed by atoms with Crippen LogP contribution in [0.1, 0.15) is 50.4 Å². The van der Waals surface area contributed by atoms with Gasteiger partial charge in [-0.25, -0.2) is 0 Å². The molecule has 1 N–H and O–H groups in total. The SMILES string of the molecule is C[C@@H](NC(=O)Cc1cccc(Br)c1)c1ccc(C(C)(C)C)cc1. The molecule has 0 radical (unpaired) electrons. The lowest BCUT2D eigenvalue weighted by Crippen LogP contribution is -2.28. The summed E-state index contributed by atoms with van der Waals surface area (Å²) in [6, 6.07) is 16.3. The lowest BCUT2D eigenvalue weighted by molar-refractivity contribution is -0.121. The molecule has 0 saturated carbocycles. The minimum atomic E-state index is 0.00340. The van der Waals surface area contributed by atoms with E-state index in [1.54, 1.807) is 0 Å². The molecule has 0 bridgehead atoms. The second-order valence-electron chi connectivity index (χ2n) is 6.97. The Balaban J connectivity index is 1.98. The molecule has 2 aromatic rings. The van der Waals surface area contributed by atoms with Gasteiger partial charge in [-0.05, 0) is 41.2 Å². The summed E-state index contributed by atoms with van der Waals surface area (Å²) < 4.78 is 0.994. The molecule has 0 spiro atoms. The average Bonchev–Trinajstić information content (AvgIpc) is 2.46. The molecular weight excluding hydrogens is 350 g/mol. The van der Waals surface area contributed by atoms with Gasteiger partial charge in [0.2, 0.25) is 5.91 Å². The molecule has 1 amide bonds. The van der Waals surface area contributed by atoms with E-state index >= 15 is 0 Å². The first-order valence-corrected chi connectivity index (χ1v) is 8.69. The van der Waals surface area contributed by atoms with Crippen LogP contribution in [0.25, 0.3) is 0 Å². The Kier molecular flexibility index (Phi) is 5.64. The van der Waals surface area contributed by atoms with E-state index in [9.17, 15) is 4.79 Å². The van der Waals surface area contributed by atoms with Crippen LogP contribution in [0.4, 0.5) is 0 Å². The zero-order chi connectivity index (χ0) is 17.0. The predicted molar refractivity (Wildman–Crippen MR) is 99.5 cm³/mol. The number of carbonyl (C=O) groups is 1. The minimum Gasteiger partial charge on any atom is -0.349 e. The lowest BCUT2D eigenvalue weighted by atomic mass is 9.86. The van der Waals surface area contributed by atoms with Gasteiger partial charge in [0, 0.05) is 4.47 Å². The predicted octanol–water partition coefficient (Wildman–Crippen LogP) is 5.17. The van der Waals surface area contributed by atoms with Crippen LogP contribution in [-0.4, -0.2) is 5.91 Å². The van der Waals surface area contributed by atoms with Gasteiger partial charge in [0.1, 0.15) is 0 Å². The summed E-state index contributed by atoms with van der Waals surface area (Å²) in [5, 5.41) is 3.07. The number of hydrogen-bond acceptors (Lipinski definition) is 1. The highest BCUT2D eigenvalue weighted by Gasteiger charge is 2.15. The van der Waals surface area contributed by atoms with Crippen molar-refractivity contribution in [3.8, 4) is 0 Å². The Morgan fingerprint density at radius 2 is 1.78 bits per heavy atom. The number of nitrogens with one attached hydrogen (secondary N) is 1. The molecule has 0 aliphatic rings. The maximum absolute atomic E-state index is 12.2. The van der Waals surface area contributed by atoms with Crippen molar-refractivity contribution in [2.45, 2.75) is 45.6 Å². The van der Waals surface area contributed by atoms with Crippen LogP contribution in [0, 0.1) is 0 Å². The summed E-state index contributed by atoms with van der Waals surface area (Å²) in [4.78, 5) is 12.2. The molecule has 122 valence electrons. The van der Waals surface area contributed by atoms with E-state index in [-0.39, 0.29) is 17.4 Å². The average molecular weight is 374 g/mol. The fourth-order valence-electron chi connectivity index (χ4n) is 2.48. The van der Waals surface area contributed by atoms with E-state index in [4.69, 9.17) is 0 Å². The molecule has 2 nitrogen and oxygen atoms in total. The van der Waals surface area contributed by atoms with Crippen LogP contribution in [0.3, 0.4) is 0 Å². The summed E-state index contributed by atoms with van der Waals surface area (Å²) in [7, 11) is 0. The van der Waals surface area contributed by atoms with Crippen molar-refractivity contribution >= 4 is 21.8 Å². The molecule has 0 fully saturated rings. The van der Waals surface area contributed by atoms with Crippen molar-refractivity contribution in [2.75, 3.05) is 0 Å². The molecule has 0 aliphatic carbocycles. The van der Waals surface area contributed by atoms with Crippen LogP contribution in [0.15, 0.2) is 53.0 Å². The van der Waals surface area contributed by atoms with Crippen LogP contribution in [-0.2, 0) is 16.6 Å².